The molecule has 0 saturated heterocycles. The smallest absolute Gasteiger partial charge is 0.114 e. The Labute approximate surface area is 118 Å². The molecule has 100 valence electrons. The Hall–Kier alpha value is -1.39. The molecule has 2 aromatic rings. The first kappa shape index (κ1) is 12.6. The van der Waals surface area contributed by atoms with E-state index in [2.05, 4.69) is 47.4 Å². The van der Waals surface area contributed by atoms with Gasteiger partial charge in [-0.1, -0.05) is 19.1 Å². The molecule has 0 spiro atoms. The average molecular weight is 273 g/mol. The van der Waals surface area contributed by atoms with Gasteiger partial charge in [-0.3, -0.25) is 0 Å². The fourth-order valence-electron chi connectivity index (χ4n) is 2.70. The minimum atomic E-state index is 0.223. The second kappa shape index (κ2) is 5.31. The maximum absolute atomic E-state index is 4.47. The van der Waals surface area contributed by atoms with Crippen LogP contribution in [0.2, 0.25) is 0 Å². The highest BCUT2D eigenvalue weighted by Gasteiger charge is 2.20. The molecule has 3 nitrogen and oxygen atoms in total. The highest BCUT2D eigenvalue weighted by molar-refractivity contribution is 7.09. The summed E-state index contributed by atoms with van der Waals surface area (Å²) in [5.41, 5.74) is 4.16. The minimum absolute atomic E-state index is 0.223. The molecule has 4 heteroatoms. The fraction of sp³-hybridized carbons (Fsp3) is 0.400. The van der Waals surface area contributed by atoms with Crippen molar-refractivity contribution in [2.24, 2.45) is 0 Å². The van der Waals surface area contributed by atoms with Crippen LogP contribution >= 0.6 is 11.3 Å². The van der Waals surface area contributed by atoms with Gasteiger partial charge in [-0.2, -0.15) is 0 Å². The van der Waals surface area contributed by atoms with Crippen molar-refractivity contribution in [1.29, 1.82) is 0 Å². The number of thiazole rings is 1. The summed E-state index contributed by atoms with van der Waals surface area (Å²) < 4.78 is 0. The average Bonchev–Trinajstić information content (AvgIpc) is 3.06. The van der Waals surface area contributed by atoms with E-state index >= 15 is 0 Å². The van der Waals surface area contributed by atoms with Crippen LogP contribution in [0.4, 0.5) is 5.69 Å². The molecule has 0 fully saturated rings. The zero-order valence-corrected chi connectivity index (χ0v) is 12.2. The zero-order chi connectivity index (χ0) is 13.2. The van der Waals surface area contributed by atoms with Gasteiger partial charge in [0, 0.05) is 30.9 Å². The monoisotopic (exact) mass is 273 g/mol. The lowest BCUT2D eigenvalue weighted by molar-refractivity contribution is 0.627. The van der Waals surface area contributed by atoms with Crippen molar-refractivity contribution in [3.63, 3.8) is 0 Å². The van der Waals surface area contributed by atoms with E-state index in [1.54, 1.807) is 11.3 Å². The lowest BCUT2D eigenvalue weighted by Gasteiger charge is -2.18. The first-order valence-electron chi connectivity index (χ1n) is 6.76. The molecule has 2 heterocycles. The number of nitrogens with one attached hydrogen (secondary N) is 1. The Morgan fingerprint density at radius 3 is 3.11 bits per heavy atom. The lowest BCUT2D eigenvalue weighted by atomic mass is 10.0. The van der Waals surface area contributed by atoms with E-state index in [0.717, 1.165) is 24.5 Å². The van der Waals surface area contributed by atoms with Crippen molar-refractivity contribution >= 4 is 17.0 Å². The molecule has 1 N–H and O–H groups in total. The van der Waals surface area contributed by atoms with Crippen LogP contribution in [0.25, 0.3) is 0 Å². The summed E-state index contributed by atoms with van der Waals surface area (Å²) in [4.78, 5) is 6.79. The van der Waals surface area contributed by atoms with Gasteiger partial charge in [-0.05, 0) is 30.2 Å². The van der Waals surface area contributed by atoms with E-state index in [4.69, 9.17) is 0 Å². The van der Waals surface area contributed by atoms with Crippen molar-refractivity contribution < 1.29 is 0 Å². The maximum Gasteiger partial charge on any atom is 0.114 e. The Bertz CT molecular complexity index is 551. The van der Waals surface area contributed by atoms with E-state index < -0.39 is 0 Å². The number of hydrogen-bond acceptors (Lipinski definition) is 4. The molecule has 0 amide bonds. The van der Waals surface area contributed by atoms with Crippen LogP contribution in [0.1, 0.15) is 29.1 Å². The van der Waals surface area contributed by atoms with Gasteiger partial charge in [0.1, 0.15) is 5.01 Å². The van der Waals surface area contributed by atoms with Gasteiger partial charge >= 0.3 is 0 Å². The van der Waals surface area contributed by atoms with E-state index in [-0.39, 0.29) is 6.04 Å². The molecule has 19 heavy (non-hydrogen) atoms. The molecule has 1 aromatic carbocycles. The molecule has 1 aromatic heterocycles. The van der Waals surface area contributed by atoms with E-state index in [1.807, 2.05) is 11.6 Å². The summed E-state index contributed by atoms with van der Waals surface area (Å²) in [5.74, 6) is 0. The molecule has 1 atom stereocenters. The number of rotatable bonds is 4. The van der Waals surface area contributed by atoms with E-state index in [1.165, 1.54) is 16.8 Å². The van der Waals surface area contributed by atoms with E-state index in [0.29, 0.717) is 0 Å². The number of aromatic nitrogens is 1. The Morgan fingerprint density at radius 2 is 2.37 bits per heavy atom. The minimum Gasteiger partial charge on any atom is -0.374 e. The van der Waals surface area contributed by atoms with Gasteiger partial charge in [0.05, 0.1) is 6.04 Å². The summed E-state index contributed by atoms with van der Waals surface area (Å²) in [7, 11) is 2.16. The third-order valence-electron chi connectivity index (χ3n) is 3.67. The Balaban J connectivity index is 1.95. The van der Waals surface area contributed by atoms with Crippen LogP contribution in [0.15, 0.2) is 29.8 Å². The SMILES string of the molecule is CCNC(c1ccc2c(c1)CCN2C)c1nccs1. The second-order valence-electron chi connectivity index (χ2n) is 4.92. The Kier molecular flexibility index (Phi) is 3.53. The van der Waals surface area contributed by atoms with Gasteiger partial charge < -0.3 is 10.2 Å². The maximum atomic E-state index is 4.47. The summed E-state index contributed by atoms with van der Waals surface area (Å²) in [6.07, 6.45) is 3.03. The molecule has 0 aliphatic carbocycles. The third-order valence-corrected chi connectivity index (χ3v) is 4.51. The van der Waals surface area contributed by atoms with Crippen LogP contribution in [-0.2, 0) is 6.42 Å². The highest BCUT2D eigenvalue weighted by atomic mass is 32.1. The highest BCUT2D eigenvalue weighted by Crippen LogP contribution is 2.31. The predicted molar refractivity (Wildman–Crippen MR) is 81.0 cm³/mol. The molecular formula is C15H19N3S. The van der Waals surface area contributed by atoms with Crippen LogP contribution in [0, 0.1) is 0 Å². The number of anilines is 1. The number of nitrogens with zero attached hydrogens (tertiary/aromatic N) is 2. The van der Waals surface area contributed by atoms with Crippen molar-refractivity contribution in [3.05, 3.63) is 45.9 Å². The summed E-state index contributed by atoms with van der Waals surface area (Å²) in [6.45, 7) is 4.21. The van der Waals surface area contributed by atoms with Crippen LogP contribution in [0.3, 0.4) is 0 Å². The molecule has 0 saturated carbocycles. The number of benzene rings is 1. The van der Waals surface area contributed by atoms with Gasteiger partial charge in [0.25, 0.3) is 0 Å². The van der Waals surface area contributed by atoms with Crippen molar-refractivity contribution in [3.8, 4) is 0 Å². The number of fused-ring (bicyclic) bond motifs is 1. The quantitative estimate of drug-likeness (QED) is 0.928. The standard InChI is InChI=1S/C15H19N3S/c1-3-16-14(15-17-7-9-19-15)12-4-5-13-11(10-12)6-8-18(13)2/h4-5,7,9-10,14,16H,3,6,8H2,1-2H3. The second-order valence-corrected chi connectivity index (χ2v) is 5.85. The van der Waals surface area contributed by atoms with Crippen molar-refractivity contribution in [2.45, 2.75) is 19.4 Å². The molecular weight excluding hydrogens is 254 g/mol. The molecule has 0 radical (unpaired) electrons. The zero-order valence-electron chi connectivity index (χ0n) is 11.4. The molecule has 1 unspecified atom stereocenters. The van der Waals surface area contributed by atoms with Gasteiger partial charge in [-0.25, -0.2) is 4.98 Å². The summed E-state index contributed by atoms with van der Waals surface area (Å²) >= 11 is 1.72. The van der Waals surface area contributed by atoms with Gasteiger partial charge in [-0.15, -0.1) is 11.3 Å². The van der Waals surface area contributed by atoms with Crippen molar-refractivity contribution in [1.82, 2.24) is 10.3 Å². The van der Waals surface area contributed by atoms with Crippen LogP contribution in [0.5, 0.6) is 0 Å². The summed E-state index contributed by atoms with van der Waals surface area (Å²) in [6, 6.07) is 7.04. The lowest BCUT2D eigenvalue weighted by Crippen LogP contribution is -2.22. The largest absolute Gasteiger partial charge is 0.374 e. The molecule has 0 bridgehead atoms. The Morgan fingerprint density at radius 1 is 1.47 bits per heavy atom. The topological polar surface area (TPSA) is 28.2 Å². The van der Waals surface area contributed by atoms with Crippen LogP contribution in [-0.4, -0.2) is 25.1 Å². The number of likely N-dealkylation sites (N-methyl/N-ethyl adjacent to an activating group) is 1. The summed E-state index contributed by atoms with van der Waals surface area (Å²) in [5, 5.41) is 6.73. The fourth-order valence-corrected chi connectivity index (χ4v) is 3.43. The predicted octanol–water partition coefficient (Wildman–Crippen LogP) is 2.83. The first-order chi connectivity index (χ1) is 9.29. The normalized spacial score (nSPS) is 15.6. The van der Waals surface area contributed by atoms with Crippen LogP contribution < -0.4 is 10.2 Å². The van der Waals surface area contributed by atoms with Crippen molar-refractivity contribution in [2.75, 3.05) is 25.0 Å². The van der Waals surface area contributed by atoms with E-state index in [9.17, 15) is 0 Å². The first-order valence-corrected chi connectivity index (χ1v) is 7.64. The third kappa shape index (κ3) is 2.38. The number of hydrogen-bond donors (Lipinski definition) is 1. The van der Waals surface area contributed by atoms with Gasteiger partial charge in [0.15, 0.2) is 0 Å². The molecule has 3 rings (SSSR count). The molecule has 1 aliphatic heterocycles. The van der Waals surface area contributed by atoms with Gasteiger partial charge in [0.2, 0.25) is 0 Å². The molecule has 1 aliphatic rings.